The first-order chi connectivity index (χ1) is 16.6. The highest BCUT2D eigenvalue weighted by molar-refractivity contribution is 5.80. The molecule has 1 fully saturated rings. The zero-order valence-electron chi connectivity index (χ0n) is 21.1. The summed E-state index contributed by atoms with van der Waals surface area (Å²) in [7, 11) is 1.70. The molecule has 3 rings (SSSR count). The Hall–Kier alpha value is -1.97. The van der Waals surface area contributed by atoms with Crippen LogP contribution < -0.4 is 5.32 Å². The first-order valence-corrected chi connectivity index (χ1v) is 12.5. The van der Waals surface area contributed by atoms with Crippen LogP contribution in [0, 0.1) is 11.8 Å². The van der Waals surface area contributed by atoms with Crippen LogP contribution in [0.5, 0.6) is 0 Å². The predicted molar refractivity (Wildman–Crippen MR) is 129 cm³/mol. The van der Waals surface area contributed by atoms with Crippen LogP contribution in [0.4, 0.5) is 13.2 Å². The minimum Gasteiger partial charge on any atom is -0.379 e. The molecular weight excluding hydrogens is 459 g/mol. The van der Waals surface area contributed by atoms with Gasteiger partial charge in [0.25, 0.3) is 0 Å². The molecule has 0 radical (unpaired) electrons. The molecule has 0 aromatic carbocycles. The van der Waals surface area contributed by atoms with Crippen LogP contribution in [-0.2, 0) is 20.4 Å². The number of methoxy groups -OCH3 is 1. The lowest BCUT2D eigenvalue weighted by Gasteiger charge is -2.37. The van der Waals surface area contributed by atoms with Gasteiger partial charge in [0, 0.05) is 51.0 Å². The minimum absolute atomic E-state index is 0.00103. The standard InChI is InChI=1S/C26H38F3N3O3/c1-5-20(31-22-9-13-35-16-24(22)34-4)15-21(17(2)3)25(33)32-11-7-18(8-12-32)23-14-19(6-10-30-23)26(27,28)29/h6-7,10,14,17,20-22,24,31H,5,8-9,11-13,15-16H2,1-4H3. The maximum atomic E-state index is 13.5. The Bertz CT molecular complexity index is 875. The zero-order valence-corrected chi connectivity index (χ0v) is 21.1. The smallest absolute Gasteiger partial charge is 0.379 e. The fourth-order valence-electron chi connectivity index (χ4n) is 4.87. The molecule has 35 heavy (non-hydrogen) atoms. The van der Waals surface area contributed by atoms with E-state index in [0.29, 0.717) is 38.4 Å². The number of hydrogen-bond acceptors (Lipinski definition) is 5. The van der Waals surface area contributed by atoms with Gasteiger partial charge in [-0.15, -0.1) is 0 Å². The summed E-state index contributed by atoms with van der Waals surface area (Å²) in [6, 6.07) is 2.43. The lowest BCUT2D eigenvalue weighted by Crippen LogP contribution is -2.52. The maximum Gasteiger partial charge on any atom is 0.416 e. The number of nitrogens with zero attached hydrogens (tertiary/aromatic N) is 2. The van der Waals surface area contributed by atoms with E-state index in [-0.39, 0.29) is 35.9 Å². The van der Waals surface area contributed by atoms with E-state index in [1.165, 1.54) is 6.20 Å². The summed E-state index contributed by atoms with van der Waals surface area (Å²) in [6.07, 6.45) is 1.60. The molecule has 9 heteroatoms. The van der Waals surface area contributed by atoms with Crippen molar-refractivity contribution in [3.05, 3.63) is 35.7 Å². The van der Waals surface area contributed by atoms with E-state index in [1.807, 2.05) is 11.0 Å². The van der Waals surface area contributed by atoms with Gasteiger partial charge in [0.1, 0.15) is 0 Å². The summed E-state index contributed by atoms with van der Waals surface area (Å²) in [6.45, 7) is 8.38. The quantitative estimate of drug-likeness (QED) is 0.542. The summed E-state index contributed by atoms with van der Waals surface area (Å²) >= 11 is 0. The molecule has 0 bridgehead atoms. The van der Waals surface area contributed by atoms with E-state index >= 15 is 0 Å². The molecule has 2 aliphatic rings. The van der Waals surface area contributed by atoms with Gasteiger partial charge in [-0.25, -0.2) is 0 Å². The number of rotatable bonds is 9. The topological polar surface area (TPSA) is 63.7 Å². The van der Waals surface area contributed by atoms with Gasteiger partial charge < -0.3 is 19.7 Å². The molecule has 1 N–H and O–H groups in total. The van der Waals surface area contributed by atoms with E-state index in [9.17, 15) is 18.0 Å². The SMILES string of the molecule is CCC(CC(C(=O)N1CC=C(c2cc(C(F)(F)F)ccn2)CC1)C(C)C)NC1CCOCC1OC. The van der Waals surface area contributed by atoms with Gasteiger partial charge >= 0.3 is 6.18 Å². The normalized spacial score (nSPS) is 23.2. The molecule has 3 heterocycles. The Kier molecular flexibility index (Phi) is 9.72. The number of amides is 1. The molecule has 1 aromatic heterocycles. The van der Waals surface area contributed by atoms with Gasteiger partial charge in [-0.3, -0.25) is 9.78 Å². The van der Waals surface area contributed by atoms with Crippen molar-refractivity contribution in [1.29, 1.82) is 0 Å². The Morgan fingerprint density at radius 2 is 2.14 bits per heavy atom. The largest absolute Gasteiger partial charge is 0.416 e. The number of hydrogen-bond donors (Lipinski definition) is 1. The van der Waals surface area contributed by atoms with Crippen molar-refractivity contribution in [2.45, 2.75) is 70.8 Å². The molecule has 0 saturated carbocycles. The zero-order chi connectivity index (χ0) is 25.6. The van der Waals surface area contributed by atoms with Crippen molar-refractivity contribution in [1.82, 2.24) is 15.2 Å². The number of pyridine rings is 1. The van der Waals surface area contributed by atoms with Crippen LogP contribution in [0.15, 0.2) is 24.4 Å². The number of ether oxygens (including phenoxy) is 2. The number of aromatic nitrogens is 1. The Morgan fingerprint density at radius 3 is 2.74 bits per heavy atom. The molecular formula is C26H38F3N3O3. The molecule has 4 unspecified atom stereocenters. The first kappa shape index (κ1) is 27.6. The van der Waals surface area contributed by atoms with E-state index in [4.69, 9.17) is 9.47 Å². The lowest BCUT2D eigenvalue weighted by atomic mass is 9.86. The fraction of sp³-hybridized carbons (Fsp3) is 0.692. The van der Waals surface area contributed by atoms with Crippen LogP contribution in [0.3, 0.4) is 0 Å². The third kappa shape index (κ3) is 7.27. The van der Waals surface area contributed by atoms with Crippen molar-refractivity contribution in [2.75, 3.05) is 33.4 Å². The molecule has 0 aliphatic carbocycles. The van der Waals surface area contributed by atoms with Crippen molar-refractivity contribution in [3.8, 4) is 0 Å². The van der Waals surface area contributed by atoms with Crippen LogP contribution in [0.2, 0.25) is 0 Å². The Morgan fingerprint density at radius 1 is 1.37 bits per heavy atom. The second kappa shape index (κ2) is 12.3. The number of carbonyl (C=O) groups is 1. The van der Waals surface area contributed by atoms with Crippen LogP contribution >= 0.6 is 0 Å². The molecule has 6 nitrogen and oxygen atoms in total. The first-order valence-electron chi connectivity index (χ1n) is 12.5. The summed E-state index contributed by atoms with van der Waals surface area (Å²) in [4.78, 5) is 19.4. The Labute approximate surface area is 206 Å². The monoisotopic (exact) mass is 497 g/mol. The molecule has 1 saturated heterocycles. The fourth-order valence-corrected chi connectivity index (χ4v) is 4.87. The minimum atomic E-state index is -4.41. The highest BCUT2D eigenvalue weighted by Gasteiger charge is 2.34. The van der Waals surface area contributed by atoms with Gasteiger partial charge in [-0.2, -0.15) is 13.2 Å². The second-order valence-corrected chi connectivity index (χ2v) is 9.79. The van der Waals surface area contributed by atoms with E-state index in [1.54, 1.807) is 7.11 Å². The predicted octanol–water partition coefficient (Wildman–Crippen LogP) is 4.55. The van der Waals surface area contributed by atoms with Gasteiger partial charge in [0.15, 0.2) is 0 Å². The third-order valence-electron chi connectivity index (χ3n) is 7.15. The number of alkyl halides is 3. The van der Waals surface area contributed by atoms with E-state index in [0.717, 1.165) is 37.0 Å². The van der Waals surface area contributed by atoms with Crippen molar-refractivity contribution >= 4 is 11.5 Å². The van der Waals surface area contributed by atoms with Gasteiger partial charge in [0.05, 0.1) is 24.0 Å². The van der Waals surface area contributed by atoms with Crippen LogP contribution in [0.25, 0.3) is 5.57 Å². The van der Waals surface area contributed by atoms with Crippen molar-refractivity contribution < 1.29 is 27.4 Å². The maximum absolute atomic E-state index is 13.5. The average molecular weight is 498 g/mol. The Balaban J connectivity index is 1.65. The summed E-state index contributed by atoms with van der Waals surface area (Å²) in [5.41, 5.74) is 0.367. The van der Waals surface area contributed by atoms with Gasteiger partial charge in [-0.1, -0.05) is 26.8 Å². The molecule has 196 valence electrons. The second-order valence-electron chi connectivity index (χ2n) is 9.79. The van der Waals surface area contributed by atoms with Gasteiger partial charge in [0.2, 0.25) is 5.91 Å². The highest BCUT2D eigenvalue weighted by Crippen LogP contribution is 2.32. The average Bonchev–Trinajstić information content (AvgIpc) is 2.85. The van der Waals surface area contributed by atoms with E-state index < -0.39 is 11.7 Å². The molecule has 0 spiro atoms. The van der Waals surface area contributed by atoms with Crippen LogP contribution in [0.1, 0.15) is 57.7 Å². The van der Waals surface area contributed by atoms with Crippen molar-refractivity contribution in [2.24, 2.45) is 11.8 Å². The number of nitrogens with one attached hydrogen (secondary N) is 1. The molecule has 1 aromatic rings. The molecule has 2 aliphatic heterocycles. The summed E-state index contributed by atoms with van der Waals surface area (Å²) in [5.74, 6) is 0.125. The molecule has 1 amide bonds. The van der Waals surface area contributed by atoms with Gasteiger partial charge in [-0.05, 0) is 49.3 Å². The van der Waals surface area contributed by atoms with Crippen molar-refractivity contribution in [3.63, 3.8) is 0 Å². The van der Waals surface area contributed by atoms with Crippen LogP contribution in [-0.4, -0.2) is 67.4 Å². The highest BCUT2D eigenvalue weighted by atomic mass is 19.4. The summed E-state index contributed by atoms with van der Waals surface area (Å²) in [5, 5.41) is 3.71. The van der Waals surface area contributed by atoms with E-state index in [2.05, 4.69) is 31.1 Å². The third-order valence-corrected chi connectivity index (χ3v) is 7.15. The number of carbonyl (C=O) groups excluding carboxylic acids is 1. The molecule has 4 atom stereocenters. The lowest BCUT2D eigenvalue weighted by molar-refractivity contribution is -0.138. The summed E-state index contributed by atoms with van der Waals surface area (Å²) < 4.78 is 50.3. The number of halogens is 3.